The van der Waals surface area contributed by atoms with Gasteiger partial charge in [-0.3, -0.25) is 4.79 Å². The molecule has 0 spiro atoms. The van der Waals surface area contributed by atoms with Crippen LogP contribution in [0.15, 0.2) is 84.0 Å². The highest BCUT2D eigenvalue weighted by molar-refractivity contribution is 5.90. The molecule has 2 atom stereocenters. The van der Waals surface area contributed by atoms with E-state index in [0.717, 1.165) is 28.2 Å². The van der Waals surface area contributed by atoms with E-state index in [1.54, 1.807) is 20.4 Å². The van der Waals surface area contributed by atoms with Crippen molar-refractivity contribution in [1.82, 2.24) is 5.01 Å². The summed E-state index contributed by atoms with van der Waals surface area (Å²) in [5, 5.41) is 5.92. The van der Waals surface area contributed by atoms with Gasteiger partial charge < -0.3 is 14.2 Å². The highest BCUT2D eigenvalue weighted by Gasteiger charge is 2.49. The van der Waals surface area contributed by atoms with E-state index < -0.39 is 6.10 Å². The van der Waals surface area contributed by atoms with Crippen LogP contribution >= 0.6 is 0 Å². The Bertz CT molecular complexity index is 1030. The zero-order valence-corrected chi connectivity index (χ0v) is 17.5. The first-order chi connectivity index (χ1) is 15.2. The van der Waals surface area contributed by atoms with E-state index in [1.165, 1.54) is 5.01 Å². The molecule has 31 heavy (non-hydrogen) atoms. The average molecular weight is 416 g/mol. The van der Waals surface area contributed by atoms with Crippen molar-refractivity contribution in [2.45, 2.75) is 18.8 Å². The molecule has 2 unspecified atom stereocenters. The molecule has 1 aliphatic rings. The fourth-order valence-electron chi connectivity index (χ4n) is 3.44. The summed E-state index contributed by atoms with van der Waals surface area (Å²) in [6.07, 6.45) is 1.07. The number of rotatable bonds is 8. The van der Waals surface area contributed by atoms with Crippen LogP contribution in [0.2, 0.25) is 0 Å². The van der Waals surface area contributed by atoms with Gasteiger partial charge in [-0.15, -0.1) is 0 Å². The van der Waals surface area contributed by atoms with Crippen molar-refractivity contribution in [2.75, 3.05) is 14.2 Å². The summed E-state index contributed by atoms with van der Waals surface area (Å²) in [5.74, 6) is 1.36. The molecule has 0 saturated carbocycles. The molecule has 1 heterocycles. The summed E-state index contributed by atoms with van der Waals surface area (Å²) in [5.41, 5.74) is 2.82. The summed E-state index contributed by atoms with van der Waals surface area (Å²) in [7, 11) is 3.25. The van der Waals surface area contributed by atoms with Gasteiger partial charge in [0.1, 0.15) is 17.5 Å². The summed E-state index contributed by atoms with van der Waals surface area (Å²) < 4.78 is 16.4. The molecule has 0 radical (unpaired) electrons. The smallest absolute Gasteiger partial charge is 0.275 e. The predicted molar refractivity (Wildman–Crippen MR) is 118 cm³/mol. The summed E-state index contributed by atoms with van der Waals surface area (Å²) >= 11 is 0. The number of nitrogens with zero attached hydrogens (tertiary/aromatic N) is 2. The number of benzene rings is 3. The number of hydrogen-bond acceptors (Lipinski definition) is 5. The quantitative estimate of drug-likeness (QED) is 0.408. The third kappa shape index (κ3) is 4.59. The van der Waals surface area contributed by atoms with Crippen LogP contribution in [0.1, 0.15) is 22.7 Å². The second kappa shape index (κ2) is 9.45. The van der Waals surface area contributed by atoms with Crippen LogP contribution in [0.3, 0.4) is 0 Å². The second-order valence-corrected chi connectivity index (χ2v) is 7.14. The van der Waals surface area contributed by atoms with E-state index in [1.807, 2.05) is 78.9 Å². The molecule has 6 nitrogen and oxygen atoms in total. The van der Waals surface area contributed by atoms with Crippen molar-refractivity contribution in [2.24, 2.45) is 5.10 Å². The number of methoxy groups -OCH3 is 2. The molecule has 4 rings (SSSR count). The maximum atomic E-state index is 12.9. The lowest BCUT2D eigenvalue weighted by atomic mass is 9.92. The van der Waals surface area contributed by atoms with Gasteiger partial charge >= 0.3 is 0 Å². The largest absolute Gasteiger partial charge is 0.497 e. The van der Waals surface area contributed by atoms with Gasteiger partial charge in [0.15, 0.2) is 6.10 Å². The zero-order chi connectivity index (χ0) is 21.6. The molecule has 6 heteroatoms. The van der Waals surface area contributed by atoms with Crippen molar-refractivity contribution in [1.29, 1.82) is 0 Å². The topological polar surface area (TPSA) is 60.4 Å². The molecule has 3 aromatic rings. The molecule has 0 aliphatic carbocycles. The molecular formula is C25H24N2O4. The Balaban J connectivity index is 1.53. The lowest BCUT2D eigenvalue weighted by molar-refractivity contribution is -0.176. The van der Waals surface area contributed by atoms with E-state index >= 15 is 0 Å². The third-order valence-corrected chi connectivity index (χ3v) is 5.20. The van der Waals surface area contributed by atoms with E-state index in [2.05, 4.69) is 5.10 Å². The molecule has 1 fully saturated rings. The average Bonchev–Trinajstić information content (AvgIpc) is 2.83. The molecular weight excluding hydrogens is 392 g/mol. The lowest BCUT2D eigenvalue weighted by Crippen LogP contribution is -2.57. The van der Waals surface area contributed by atoms with Crippen molar-refractivity contribution in [3.63, 3.8) is 0 Å². The highest BCUT2D eigenvalue weighted by Crippen LogP contribution is 2.38. The number of carbonyl (C=O) groups is 1. The lowest BCUT2D eigenvalue weighted by Gasteiger charge is -2.43. The van der Waals surface area contributed by atoms with Crippen LogP contribution < -0.4 is 9.47 Å². The van der Waals surface area contributed by atoms with Crippen LogP contribution in [-0.4, -0.2) is 37.5 Å². The van der Waals surface area contributed by atoms with Crippen LogP contribution in [0, 0.1) is 0 Å². The molecule has 0 N–H and O–H groups in total. The molecule has 0 bridgehead atoms. The van der Waals surface area contributed by atoms with Crippen LogP contribution in [0.25, 0.3) is 0 Å². The zero-order valence-electron chi connectivity index (χ0n) is 17.5. The first-order valence-electron chi connectivity index (χ1n) is 10.00. The molecule has 1 amide bonds. The first kappa shape index (κ1) is 20.6. The minimum absolute atomic E-state index is 0.165. The Kier molecular flexibility index (Phi) is 6.29. The summed E-state index contributed by atoms with van der Waals surface area (Å²) in [6, 6.07) is 24.6. The molecule has 0 aromatic heterocycles. The first-order valence-corrected chi connectivity index (χ1v) is 10.00. The third-order valence-electron chi connectivity index (χ3n) is 5.20. The Hall–Kier alpha value is -3.64. The highest BCUT2D eigenvalue weighted by atomic mass is 16.5. The van der Waals surface area contributed by atoms with Crippen molar-refractivity contribution in [3.8, 4) is 11.5 Å². The van der Waals surface area contributed by atoms with E-state index in [-0.39, 0.29) is 11.9 Å². The van der Waals surface area contributed by atoms with Gasteiger partial charge in [-0.25, -0.2) is 5.01 Å². The van der Waals surface area contributed by atoms with Gasteiger partial charge in [-0.2, -0.15) is 5.10 Å². The molecule has 1 saturated heterocycles. The van der Waals surface area contributed by atoms with Gasteiger partial charge in [0.25, 0.3) is 5.91 Å². The van der Waals surface area contributed by atoms with Gasteiger partial charge in [0.05, 0.1) is 27.0 Å². The fourth-order valence-corrected chi connectivity index (χ4v) is 3.44. The standard InChI is InChI=1S/C25H24N2O4/c1-29-21-12-8-18(9-13-21)16-26-27-23(20-10-14-22(30-2)15-11-20)24(25(27)28)31-17-19-6-4-3-5-7-19/h3-16,23-24H,17H2,1-2H3/b26-16+. The number of carbonyl (C=O) groups excluding carboxylic acids is 1. The number of β-lactam (4-membered cyclic amide) rings is 1. The van der Waals surface area contributed by atoms with Gasteiger partial charge in [-0.1, -0.05) is 42.5 Å². The summed E-state index contributed by atoms with van der Waals surface area (Å²) in [4.78, 5) is 12.9. The Morgan fingerprint density at radius 3 is 2.10 bits per heavy atom. The van der Waals surface area contributed by atoms with Crippen LogP contribution in [0.4, 0.5) is 0 Å². The maximum absolute atomic E-state index is 12.9. The van der Waals surface area contributed by atoms with Crippen LogP contribution in [-0.2, 0) is 16.1 Å². The Labute approximate surface area is 181 Å². The van der Waals surface area contributed by atoms with Crippen molar-refractivity contribution >= 4 is 12.1 Å². The van der Waals surface area contributed by atoms with E-state index in [9.17, 15) is 4.79 Å². The maximum Gasteiger partial charge on any atom is 0.275 e. The Morgan fingerprint density at radius 1 is 0.871 bits per heavy atom. The van der Waals surface area contributed by atoms with Crippen LogP contribution in [0.5, 0.6) is 11.5 Å². The Morgan fingerprint density at radius 2 is 1.48 bits per heavy atom. The van der Waals surface area contributed by atoms with Crippen molar-refractivity contribution in [3.05, 3.63) is 95.6 Å². The molecule has 158 valence electrons. The monoisotopic (exact) mass is 416 g/mol. The number of ether oxygens (including phenoxy) is 3. The minimum atomic E-state index is -0.596. The normalized spacial score (nSPS) is 18.1. The number of hydrogen-bond donors (Lipinski definition) is 0. The number of amides is 1. The summed E-state index contributed by atoms with van der Waals surface area (Å²) in [6.45, 7) is 0.361. The van der Waals surface area contributed by atoms with E-state index in [0.29, 0.717) is 6.61 Å². The van der Waals surface area contributed by atoms with Gasteiger partial charge in [0, 0.05) is 0 Å². The number of hydrazone groups is 1. The van der Waals surface area contributed by atoms with Crippen molar-refractivity contribution < 1.29 is 19.0 Å². The van der Waals surface area contributed by atoms with Gasteiger partial charge in [-0.05, 0) is 53.1 Å². The molecule has 3 aromatic carbocycles. The minimum Gasteiger partial charge on any atom is -0.497 e. The van der Waals surface area contributed by atoms with Gasteiger partial charge in [0.2, 0.25) is 0 Å². The SMILES string of the molecule is COc1ccc(/C=N/N2C(=O)C(OCc3ccccc3)C2c2ccc(OC)cc2)cc1. The fraction of sp³-hybridized carbons (Fsp3) is 0.200. The van der Waals surface area contributed by atoms with E-state index in [4.69, 9.17) is 14.2 Å². The second-order valence-electron chi connectivity index (χ2n) is 7.14. The molecule has 1 aliphatic heterocycles. The predicted octanol–water partition coefficient (Wildman–Crippen LogP) is 4.21.